The Morgan fingerprint density at radius 3 is 2.63 bits per heavy atom. The summed E-state index contributed by atoms with van der Waals surface area (Å²) in [6.07, 6.45) is 1.50. The number of nitrogen functional groups attached to an aromatic ring is 1. The predicted octanol–water partition coefficient (Wildman–Crippen LogP) is 1.77. The van der Waals surface area contributed by atoms with Crippen molar-refractivity contribution in [2.24, 2.45) is 0 Å². The van der Waals surface area contributed by atoms with Crippen LogP contribution in [0, 0.1) is 6.92 Å². The molecule has 5 nitrogen and oxygen atoms in total. The number of amides is 2. The molecule has 0 unspecified atom stereocenters. The van der Waals surface area contributed by atoms with Crippen LogP contribution in [0.2, 0.25) is 0 Å². The third-order valence-corrected chi connectivity index (χ3v) is 3.16. The van der Waals surface area contributed by atoms with E-state index in [4.69, 9.17) is 5.73 Å². The maximum absolute atomic E-state index is 12.2. The number of hydrogen-bond acceptors (Lipinski definition) is 4. The van der Waals surface area contributed by atoms with Crippen molar-refractivity contribution in [1.82, 2.24) is 4.98 Å². The number of pyridine rings is 1. The van der Waals surface area contributed by atoms with Crippen molar-refractivity contribution in [3.8, 4) is 0 Å². The minimum absolute atomic E-state index is 0.196. The monoisotopic (exact) mass is 253 g/mol. The number of aryl methyl sites for hydroxylation is 1. The summed E-state index contributed by atoms with van der Waals surface area (Å²) < 4.78 is 0. The number of carbonyl (C=O) groups is 2. The smallest absolute Gasteiger partial charge is 0.284 e. The van der Waals surface area contributed by atoms with E-state index in [0.29, 0.717) is 16.9 Å². The molecule has 0 atom stereocenters. The molecule has 1 aliphatic rings. The summed E-state index contributed by atoms with van der Waals surface area (Å²) in [7, 11) is 0. The van der Waals surface area contributed by atoms with Crippen molar-refractivity contribution in [1.29, 1.82) is 0 Å². The first-order valence-electron chi connectivity index (χ1n) is 5.79. The van der Waals surface area contributed by atoms with E-state index in [2.05, 4.69) is 4.98 Å². The molecule has 0 radical (unpaired) electrons. The average Bonchev–Trinajstić information content (AvgIpc) is 2.66. The number of carbonyl (C=O) groups excluding carboxylic acids is 2. The van der Waals surface area contributed by atoms with Crippen molar-refractivity contribution in [3.63, 3.8) is 0 Å². The standard InChI is InChI=1S/C14H11N3O2/c1-8-7-9(4-5-11(8)15)17-13(18)10-3-2-6-16-12(10)14(17)19/h2-7H,15H2,1H3. The van der Waals surface area contributed by atoms with Gasteiger partial charge in [-0.25, -0.2) is 4.90 Å². The van der Waals surface area contributed by atoms with Crippen LogP contribution >= 0.6 is 0 Å². The van der Waals surface area contributed by atoms with Gasteiger partial charge in [-0.3, -0.25) is 14.6 Å². The van der Waals surface area contributed by atoms with Crippen molar-refractivity contribution in [3.05, 3.63) is 53.3 Å². The van der Waals surface area contributed by atoms with Gasteiger partial charge in [-0.2, -0.15) is 0 Å². The van der Waals surface area contributed by atoms with E-state index in [0.717, 1.165) is 10.5 Å². The highest BCUT2D eigenvalue weighted by Gasteiger charge is 2.37. The van der Waals surface area contributed by atoms with Gasteiger partial charge in [0.25, 0.3) is 11.8 Å². The number of rotatable bonds is 1. The van der Waals surface area contributed by atoms with Crippen LogP contribution in [-0.4, -0.2) is 16.8 Å². The fraction of sp³-hybridized carbons (Fsp3) is 0.0714. The van der Waals surface area contributed by atoms with Gasteiger partial charge in [-0.05, 0) is 42.8 Å². The summed E-state index contributed by atoms with van der Waals surface area (Å²) in [4.78, 5) is 29.6. The van der Waals surface area contributed by atoms with Crippen molar-refractivity contribution >= 4 is 23.2 Å². The average molecular weight is 253 g/mol. The topological polar surface area (TPSA) is 76.3 Å². The van der Waals surface area contributed by atoms with Crippen LogP contribution in [0.3, 0.4) is 0 Å². The second-order valence-corrected chi connectivity index (χ2v) is 4.39. The first-order valence-corrected chi connectivity index (χ1v) is 5.79. The highest BCUT2D eigenvalue weighted by molar-refractivity contribution is 6.33. The summed E-state index contributed by atoms with van der Waals surface area (Å²) >= 11 is 0. The normalized spacial score (nSPS) is 13.8. The zero-order valence-electron chi connectivity index (χ0n) is 10.3. The van der Waals surface area contributed by atoms with Crippen LogP contribution in [0.4, 0.5) is 11.4 Å². The van der Waals surface area contributed by atoms with Crippen molar-refractivity contribution < 1.29 is 9.59 Å². The zero-order valence-corrected chi connectivity index (χ0v) is 10.3. The van der Waals surface area contributed by atoms with Gasteiger partial charge in [0.15, 0.2) is 0 Å². The molecule has 0 aliphatic carbocycles. The molecule has 5 heteroatoms. The summed E-state index contributed by atoms with van der Waals surface area (Å²) in [5, 5.41) is 0. The lowest BCUT2D eigenvalue weighted by molar-refractivity contribution is 0.0924. The Balaban J connectivity index is 2.11. The Hall–Kier alpha value is -2.69. The number of imide groups is 1. The second kappa shape index (κ2) is 3.91. The first-order chi connectivity index (χ1) is 9.09. The molecular formula is C14H11N3O2. The van der Waals surface area contributed by atoms with Gasteiger partial charge in [0.05, 0.1) is 11.3 Å². The molecule has 2 amide bonds. The Kier molecular flexibility index (Phi) is 2.35. The SMILES string of the molecule is Cc1cc(N2C(=O)c3cccnc3C2=O)ccc1N. The second-order valence-electron chi connectivity index (χ2n) is 4.39. The Bertz CT molecular complexity index is 675. The van der Waals surface area contributed by atoms with Gasteiger partial charge < -0.3 is 5.73 Å². The molecule has 1 aromatic carbocycles. The molecule has 94 valence electrons. The molecule has 2 heterocycles. The molecule has 2 aromatic rings. The Labute approximate surface area is 109 Å². The number of nitrogens with zero attached hydrogens (tertiary/aromatic N) is 2. The summed E-state index contributed by atoms with van der Waals surface area (Å²) in [5.41, 5.74) is 8.23. The van der Waals surface area contributed by atoms with Crippen LogP contribution in [0.25, 0.3) is 0 Å². The summed E-state index contributed by atoms with van der Waals surface area (Å²) in [5.74, 6) is -0.748. The molecule has 2 N–H and O–H groups in total. The number of aromatic nitrogens is 1. The first kappa shape index (κ1) is 11.4. The van der Waals surface area contributed by atoms with Crippen LogP contribution in [0.1, 0.15) is 26.4 Å². The molecule has 3 rings (SSSR count). The largest absolute Gasteiger partial charge is 0.399 e. The number of fused-ring (bicyclic) bond motifs is 1. The molecule has 0 bridgehead atoms. The van der Waals surface area contributed by atoms with E-state index >= 15 is 0 Å². The molecule has 0 spiro atoms. The Morgan fingerprint density at radius 2 is 1.95 bits per heavy atom. The number of anilines is 2. The van der Waals surface area contributed by atoms with E-state index in [1.807, 2.05) is 6.92 Å². The van der Waals surface area contributed by atoms with Crippen LogP contribution in [-0.2, 0) is 0 Å². The van der Waals surface area contributed by atoms with Gasteiger partial charge >= 0.3 is 0 Å². The van der Waals surface area contributed by atoms with Gasteiger partial charge in [0.1, 0.15) is 5.69 Å². The minimum Gasteiger partial charge on any atom is -0.399 e. The zero-order chi connectivity index (χ0) is 13.6. The van der Waals surface area contributed by atoms with Crippen LogP contribution < -0.4 is 10.6 Å². The lowest BCUT2D eigenvalue weighted by atomic mass is 10.1. The fourth-order valence-electron chi connectivity index (χ4n) is 2.10. The third-order valence-electron chi connectivity index (χ3n) is 3.16. The lowest BCUT2D eigenvalue weighted by Crippen LogP contribution is -2.29. The van der Waals surface area contributed by atoms with E-state index in [1.54, 1.807) is 30.3 Å². The molecule has 0 saturated carbocycles. The maximum atomic E-state index is 12.2. The fourth-order valence-corrected chi connectivity index (χ4v) is 2.10. The number of nitrogens with two attached hydrogens (primary N) is 1. The Morgan fingerprint density at radius 1 is 1.16 bits per heavy atom. The van der Waals surface area contributed by atoms with E-state index < -0.39 is 5.91 Å². The quantitative estimate of drug-likeness (QED) is 0.620. The third kappa shape index (κ3) is 1.59. The van der Waals surface area contributed by atoms with Gasteiger partial charge in [0.2, 0.25) is 0 Å². The molecule has 0 fully saturated rings. The van der Waals surface area contributed by atoms with Gasteiger partial charge in [-0.15, -0.1) is 0 Å². The summed E-state index contributed by atoms with van der Waals surface area (Å²) in [6, 6.07) is 8.30. The van der Waals surface area contributed by atoms with E-state index in [1.165, 1.54) is 6.20 Å². The van der Waals surface area contributed by atoms with Crippen molar-refractivity contribution in [2.45, 2.75) is 6.92 Å². The molecule has 0 saturated heterocycles. The van der Waals surface area contributed by atoms with E-state index in [-0.39, 0.29) is 11.6 Å². The van der Waals surface area contributed by atoms with Gasteiger partial charge in [-0.1, -0.05) is 0 Å². The van der Waals surface area contributed by atoms with Gasteiger partial charge in [0, 0.05) is 11.9 Å². The predicted molar refractivity (Wildman–Crippen MR) is 71.0 cm³/mol. The minimum atomic E-state index is -0.398. The molecule has 1 aromatic heterocycles. The molecular weight excluding hydrogens is 242 g/mol. The maximum Gasteiger partial charge on any atom is 0.284 e. The summed E-state index contributed by atoms with van der Waals surface area (Å²) in [6.45, 7) is 1.83. The van der Waals surface area contributed by atoms with E-state index in [9.17, 15) is 9.59 Å². The number of hydrogen-bond donors (Lipinski definition) is 1. The molecule has 1 aliphatic heterocycles. The van der Waals surface area contributed by atoms with Crippen molar-refractivity contribution in [2.75, 3.05) is 10.6 Å². The van der Waals surface area contributed by atoms with Crippen LogP contribution in [0.5, 0.6) is 0 Å². The highest BCUT2D eigenvalue weighted by atomic mass is 16.2. The molecule has 19 heavy (non-hydrogen) atoms. The number of benzene rings is 1. The van der Waals surface area contributed by atoms with Crippen LogP contribution in [0.15, 0.2) is 36.5 Å². The lowest BCUT2D eigenvalue weighted by Gasteiger charge is -2.14. The highest BCUT2D eigenvalue weighted by Crippen LogP contribution is 2.28.